The Hall–Kier alpha value is -2.08. The fourth-order valence-electron chi connectivity index (χ4n) is 3.21. The standard InChI is InChI=1S/C15H23N7O3S2/c1-4-20(12-5-6-27(24,25)9-12)13(23)8-26-15-18-17-14(21(15)16)22-11(3)7-10(2)19-22/h7,12H,4-6,8-9,16H2,1-3H3. The first-order valence-electron chi connectivity index (χ1n) is 8.58. The maximum absolute atomic E-state index is 12.6. The van der Waals surface area contributed by atoms with Gasteiger partial charge in [0.15, 0.2) is 9.84 Å². The average molecular weight is 414 g/mol. The summed E-state index contributed by atoms with van der Waals surface area (Å²) < 4.78 is 26.3. The van der Waals surface area contributed by atoms with E-state index in [2.05, 4.69) is 15.3 Å². The van der Waals surface area contributed by atoms with Crippen LogP contribution in [-0.2, 0) is 14.6 Å². The zero-order valence-electron chi connectivity index (χ0n) is 15.5. The highest BCUT2D eigenvalue weighted by Crippen LogP contribution is 2.21. The lowest BCUT2D eigenvalue weighted by atomic mass is 10.2. The fraction of sp³-hybridized carbons (Fsp3) is 0.600. The highest BCUT2D eigenvalue weighted by molar-refractivity contribution is 7.99. The predicted molar refractivity (Wildman–Crippen MR) is 102 cm³/mol. The van der Waals surface area contributed by atoms with E-state index in [4.69, 9.17) is 5.84 Å². The van der Waals surface area contributed by atoms with E-state index in [-0.39, 0.29) is 29.2 Å². The minimum atomic E-state index is -3.04. The molecule has 2 N–H and O–H groups in total. The molecule has 1 amide bonds. The molecule has 1 aliphatic heterocycles. The van der Waals surface area contributed by atoms with E-state index in [0.717, 1.165) is 11.4 Å². The van der Waals surface area contributed by atoms with Gasteiger partial charge in [-0.05, 0) is 33.3 Å². The molecular weight excluding hydrogens is 390 g/mol. The van der Waals surface area contributed by atoms with Crippen LogP contribution in [-0.4, -0.2) is 73.7 Å². The average Bonchev–Trinajstić information content (AvgIpc) is 3.23. The zero-order chi connectivity index (χ0) is 19.8. The van der Waals surface area contributed by atoms with Gasteiger partial charge in [0.2, 0.25) is 11.1 Å². The monoisotopic (exact) mass is 413 g/mol. The second-order valence-corrected chi connectivity index (χ2v) is 9.69. The Kier molecular flexibility index (Phi) is 5.47. The summed E-state index contributed by atoms with van der Waals surface area (Å²) in [5, 5.41) is 12.8. The van der Waals surface area contributed by atoms with Crippen LogP contribution in [0.2, 0.25) is 0 Å². The summed E-state index contributed by atoms with van der Waals surface area (Å²) in [5.74, 6) is 6.58. The maximum Gasteiger partial charge on any atom is 0.271 e. The van der Waals surface area contributed by atoms with Gasteiger partial charge in [0.1, 0.15) is 0 Å². The van der Waals surface area contributed by atoms with Gasteiger partial charge in [-0.25, -0.2) is 17.8 Å². The first kappa shape index (κ1) is 19.7. The van der Waals surface area contributed by atoms with Crippen molar-refractivity contribution in [1.82, 2.24) is 29.6 Å². The van der Waals surface area contributed by atoms with E-state index < -0.39 is 9.84 Å². The van der Waals surface area contributed by atoms with Gasteiger partial charge >= 0.3 is 0 Å². The van der Waals surface area contributed by atoms with Crippen molar-refractivity contribution in [3.8, 4) is 5.95 Å². The van der Waals surface area contributed by atoms with Crippen LogP contribution in [0, 0.1) is 13.8 Å². The number of sulfone groups is 1. The van der Waals surface area contributed by atoms with Gasteiger partial charge < -0.3 is 10.7 Å². The highest BCUT2D eigenvalue weighted by atomic mass is 32.2. The molecule has 0 spiro atoms. The first-order valence-corrected chi connectivity index (χ1v) is 11.4. The lowest BCUT2D eigenvalue weighted by Crippen LogP contribution is -2.42. The number of hydrogen-bond donors (Lipinski definition) is 1. The van der Waals surface area contributed by atoms with E-state index in [1.54, 1.807) is 9.58 Å². The van der Waals surface area contributed by atoms with Gasteiger partial charge in [-0.3, -0.25) is 4.79 Å². The first-order chi connectivity index (χ1) is 12.7. The molecule has 1 saturated heterocycles. The molecule has 0 radical (unpaired) electrons. The number of hydrogen-bond acceptors (Lipinski definition) is 8. The van der Waals surface area contributed by atoms with Gasteiger partial charge in [-0.15, -0.1) is 10.2 Å². The molecule has 12 heteroatoms. The summed E-state index contributed by atoms with van der Waals surface area (Å²) in [6.07, 6.45) is 0.488. The van der Waals surface area contributed by atoms with Crippen molar-refractivity contribution < 1.29 is 13.2 Å². The molecule has 1 fully saturated rings. The third-order valence-corrected chi connectivity index (χ3v) is 7.16. The van der Waals surface area contributed by atoms with Crippen molar-refractivity contribution >= 4 is 27.5 Å². The summed E-state index contributed by atoms with van der Waals surface area (Å²) >= 11 is 1.17. The fourth-order valence-corrected chi connectivity index (χ4v) is 5.68. The second kappa shape index (κ2) is 7.50. The lowest BCUT2D eigenvalue weighted by Gasteiger charge is -2.26. The molecular formula is C15H23N7O3S2. The SMILES string of the molecule is CCN(C(=O)CSc1nnc(-n2nc(C)cc2C)n1N)C1CCS(=O)(=O)C1. The molecule has 27 heavy (non-hydrogen) atoms. The van der Waals surface area contributed by atoms with Crippen molar-refractivity contribution in [3.63, 3.8) is 0 Å². The molecule has 0 aliphatic carbocycles. The summed E-state index contributed by atoms with van der Waals surface area (Å²) in [6, 6.07) is 1.65. The van der Waals surface area contributed by atoms with Gasteiger partial charge in [-0.2, -0.15) is 5.10 Å². The smallest absolute Gasteiger partial charge is 0.271 e. The largest absolute Gasteiger partial charge is 0.338 e. The van der Waals surface area contributed by atoms with Crippen molar-refractivity contribution in [1.29, 1.82) is 0 Å². The number of nitrogens with zero attached hydrogens (tertiary/aromatic N) is 6. The molecule has 1 aliphatic rings. The number of thioether (sulfide) groups is 1. The Labute approximate surface area is 162 Å². The van der Waals surface area contributed by atoms with E-state index >= 15 is 0 Å². The quantitative estimate of drug-likeness (QED) is 0.514. The van der Waals surface area contributed by atoms with Crippen molar-refractivity contribution in [2.45, 2.75) is 38.4 Å². The number of nitrogen functional groups attached to an aromatic ring is 1. The summed E-state index contributed by atoms with van der Waals surface area (Å²) in [7, 11) is -3.04. The van der Waals surface area contributed by atoms with Crippen molar-refractivity contribution in [2.24, 2.45) is 0 Å². The van der Waals surface area contributed by atoms with E-state index in [0.29, 0.717) is 24.1 Å². The summed E-state index contributed by atoms with van der Waals surface area (Å²) in [5.41, 5.74) is 1.71. The molecule has 0 saturated carbocycles. The molecule has 3 rings (SSSR count). The minimum absolute atomic E-state index is 0.0341. The predicted octanol–water partition coefficient (Wildman–Crippen LogP) is -0.0779. The maximum atomic E-state index is 12.6. The van der Waals surface area contributed by atoms with Gasteiger partial charge in [0.25, 0.3) is 5.95 Å². The molecule has 2 aromatic rings. The Morgan fingerprint density at radius 1 is 1.41 bits per heavy atom. The number of rotatable bonds is 6. The summed E-state index contributed by atoms with van der Waals surface area (Å²) in [4.78, 5) is 14.2. The van der Waals surface area contributed by atoms with E-state index in [1.165, 1.54) is 16.4 Å². The Morgan fingerprint density at radius 3 is 2.70 bits per heavy atom. The molecule has 1 atom stereocenters. The van der Waals surface area contributed by atoms with Crippen molar-refractivity contribution in [2.75, 3.05) is 29.6 Å². The normalized spacial score (nSPS) is 18.7. The molecule has 2 aromatic heterocycles. The van der Waals surface area contributed by atoms with E-state index in [9.17, 15) is 13.2 Å². The van der Waals surface area contributed by atoms with Crippen LogP contribution in [0.25, 0.3) is 5.95 Å². The van der Waals surface area contributed by atoms with Crippen LogP contribution in [0.3, 0.4) is 0 Å². The van der Waals surface area contributed by atoms with Crippen LogP contribution in [0.15, 0.2) is 11.2 Å². The topological polar surface area (TPSA) is 129 Å². The number of carbonyl (C=O) groups excluding carboxylic acids is 1. The second-order valence-electron chi connectivity index (χ2n) is 6.52. The van der Waals surface area contributed by atoms with Gasteiger partial charge in [-0.1, -0.05) is 11.8 Å². The molecule has 1 unspecified atom stereocenters. The van der Waals surface area contributed by atoms with Gasteiger partial charge in [0.05, 0.1) is 23.0 Å². The number of amides is 1. The molecule has 0 aromatic carbocycles. The van der Waals surface area contributed by atoms with Crippen LogP contribution in [0.1, 0.15) is 24.7 Å². The molecule has 3 heterocycles. The zero-order valence-corrected chi connectivity index (χ0v) is 17.1. The Morgan fingerprint density at radius 2 is 2.15 bits per heavy atom. The van der Waals surface area contributed by atoms with Crippen LogP contribution in [0.5, 0.6) is 0 Å². The highest BCUT2D eigenvalue weighted by Gasteiger charge is 2.34. The number of nitrogens with two attached hydrogens (primary N) is 1. The number of carbonyl (C=O) groups is 1. The number of aromatic nitrogens is 5. The summed E-state index contributed by atoms with van der Waals surface area (Å²) in [6.45, 7) is 6.07. The Balaban J connectivity index is 1.68. The third kappa shape index (κ3) is 4.10. The van der Waals surface area contributed by atoms with Crippen LogP contribution in [0.4, 0.5) is 0 Å². The lowest BCUT2D eigenvalue weighted by molar-refractivity contribution is -0.129. The molecule has 10 nitrogen and oxygen atoms in total. The molecule has 148 valence electrons. The minimum Gasteiger partial charge on any atom is -0.338 e. The van der Waals surface area contributed by atoms with Gasteiger partial charge in [0, 0.05) is 18.3 Å². The number of aryl methyl sites for hydroxylation is 2. The Bertz CT molecular complexity index is 951. The van der Waals surface area contributed by atoms with Crippen LogP contribution < -0.4 is 5.84 Å². The van der Waals surface area contributed by atoms with E-state index in [1.807, 2.05) is 26.8 Å². The third-order valence-electron chi connectivity index (χ3n) is 4.48. The van der Waals surface area contributed by atoms with Crippen molar-refractivity contribution in [3.05, 3.63) is 17.5 Å². The van der Waals surface area contributed by atoms with Crippen LogP contribution >= 0.6 is 11.8 Å². The molecule has 0 bridgehead atoms.